The maximum atomic E-state index is 3.95. The Balaban J connectivity index is 1.86. The first-order valence-electron chi connectivity index (χ1n) is 4.93. The number of hydrogen-bond acceptors (Lipinski definition) is 5. The predicted molar refractivity (Wildman–Crippen MR) is 51.6 cm³/mol. The molecular formula is C8H16N6. The summed E-state index contributed by atoms with van der Waals surface area (Å²) in [5.41, 5.74) is 0. The van der Waals surface area contributed by atoms with Crippen LogP contribution in [-0.2, 0) is 0 Å². The Morgan fingerprint density at radius 3 is 3.07 bits per heavy atom. The van der Waals surface area contributed by atoms with Gasteiger partial charge in [-0.25, -0.2) is 0 Å². The van der Waals surface area contributed by atoms with Gasteiger partial charge in [0.15, 0.2) is 5.82 Å². The first kappa shape index (κ1) is 9.54. The molecule has 0 amide bonds. The third kappa shape index (κ3) is 2.08. The van der Waals surface area contributed by atoms with E-state index in [-0.39, 0.29) is 6.04 Å². The van der Waals surface area contributed by atoms with Crippen LogP contribution in [-0.4, -0.2) is 51.7 Å². The number of nitrogens with one attached hydrogen (secondary N) is 2. The zero-order valence-corrected chi connectivity index (χ0v) is 8.56. The summed E-state index contributed by atoms with van der Waals surface area (Å²) in [6.45, 7) is 4.32. The minimum Gasteiger partial charge on any atom is -0.305 e. The molecule has 6 nitrogen and oxygen atoms in total. The molecule has 1 aromatic rings. The Morgan fingerprint density at radius 2 is 2.50 bits per heavy atom. The quantitative estimate of drug-likeness (QED) is 0.685. The number of nitrogens with zero attached hydrogens (tertiary/aromatic N) is 4. The van der Waals surface area contributed by atoms with Gasteiger partial charge in [-0.1, -0.05) is 5.21 Å². The summed E-state index contributed by atoms with van der Waals surface area (Å²) in [5, 5.41) is 17.4. The van der Waals surface area contributed by atoms with E-state index in [2.05, 4.69) is 44.8 Å². The lowest BCUT2D eigenvalue weighted by Crippen LogP contribution is -2.34. The fourth-order valence-corrected chi connectivity index (χ4v) is 1.85. The van der Waals surface area contributed by atoms with Crippen molar-refractivity contribution in [2.45, 2.75) is 25.4 Å². The fraction of sp³-hybridized carbons (Fsp3) is 0.875. The van der Waals surface area contributed by atoms with Crippen LogP contribution in [0.3, 0.4) is 0 Å². The molecule has 6 heteroatoms. The van der Waals surface area contributed by atoms with Crippen LogP contribution >= 0.6 is 0 Å². The predicted octanol–water partition coefficient (Wildman–Crippen LogP) is -0.446. The van der Waals surface area contributed by atoms with Crippen LogP contribution in [0.2, 0.25) is 0 Å². The second kappa shape index (κ2) is 4.02. The zero-order chi connectivity index (χ0) is 9.97. The molecule has 1 aliphatic heterocycles. The van der Waals surface area contributed by atoms with Gasteiger partial charge in [-0.3, -0.25) is 0 Å². The fourth-order valence-electron chi connectivity index (χ4n) is 1.85. The third-order valence-corrected chi connectivity index (χ3v) is 2.63. The van der Waals surface area contributed by atoms with Gasteiger partial charge in [0.1, 0.15) is 0 Å². The zero-order valence-electron chi connectivity index (χ0n) is 8.56. The number of hydrogen-bond donors (Lipinski definition) is 2. The number of likely N-dealkylation sites (tertiary alicyclic amines) is 1. The topological polar surface area (TPSA) is 69.7 Å². The Hall–Kier alpha value is -1.01. The summed E-state index contributed by atoms with van der Waals surface area (Å²) in [5.74, 6) is 0.736. The van der Waals surface area contributed by atoms with Crippen molar-refractivity contribution < 1.29 is 0 Å². The van der Waals surface area contributed by atoms with Gasteiger partial charge in [-0.05, 0) is 26.9 Å². The van der Waals surface area contributed by atoms with E-state index < -0.39 is 0 Å². The van der Waals surface area contributed by atoms with Gasteiger partial charge >= 0.3 is 0 Å². The molecule has 2 N–H and O–H groups in total. The Kier molecular flexibility index (Phi) is 2.74. The van der Waals surface area contributed by atoms with Crippen LogP contribution in [0.1, 0.15) is 25.2 Å². The minimum absolute atomic E-state index is 0.172. The largest absolute Gasteiger partial charge is 0.305 e. The summed E-state index contributed by atoms with van der Waals surface area (Å²) in [6.07, 6.45) is 1.19. The monoisotopic (exact) mass is 196 g/mol. The highest BCUT2D eigenvalue weighted by Gasteiger charge is 2.22. The number of tetrazole rings is 1. The molecular weight excluding hydrogens is 180 g/mol. The molecule has 0 saturated carbocycles. The molecule has 2 unspecified atom stereocenters. The molecule has 1 aliphatic rings. The van der Waals surface area contributed by atoms with Crippen molar-refractivity contribution in [2.75, 3.05) is 20.1 Å². The molecule has 1 aromatic heterocycles. The van der Waals surface area contributed by atoms with Gasteiger partial charge in [0.2, 0.25) is 0 Å². The van der Waals surface area contributed by atoms with Gasteiger partial charge < -0.3 is 10.2 Å². The van der Waals surface area contributed by atoms with E-state index in [0.29, 0.717) is 6.04 Å². The van der Waals surface area contributed by atoms with E-state index in [1.54, 1.807) is 0 Å². The van der Waals surface area contributed by atoms with Crippen LogP contribution in [0.4, 0.5) is 0 Å². The van der Waals surface area contributed by atoms with Crippen molar-refractivity contribution >= 4 is 0 Å². The molecule has 14 heavy (non-hydrogen) atoms. The summed E-state index contributed by atoms with van der Waals surface area (Å²) in [6, 6.07) is 0.721. The Bertz CT molecular complexity index is 271. The van der Waals surface area contributed by atoms with Crippen LogP contribution < -0.4 is 5.32 Å². The van der Waals surface area contributed by atoms with E-state index in [9.17, 15) is 0 Å². The van der Waals surface area contributed by atoms with E-state index >= 15 is 0 Å². The van der Waals surface area contributed by atoms with Gasteiger partial charge in [-0.15, -0.1) is 10.2 Å². The second-order valence-corrected chi connectivity index (χ2v) is 3.91. The van der Waals surface area contributed by atoms with Gasteiger partial charge in [0.25, 0.3) is 0 Å². The molecule has 0 bridgehead atoms. The van der Waals surface area contributed by atoms with Crippen molar-refractivity contribution in [3.8, 4) is 0 Å². The number of aromatic nitrogens is 4. The molecule has 1 saturated heterocycles. The maximum Gasteiger partial charge on any atom is 0.191 e. The van der Waals surface area contributed by atoms with E-state index in [4.69, 9.17) is 0 Å². The second-order valence-electron chi connectivity index (χ2n) is 3.91. The van der Waals surface area contributed by atoms with E-state index in [1.165, 1.54) is 6.42 Å². The summed E-state index contributed by atoms with van der Waals surface area (Å²) in [7, 11) is 2.14. The highest BCUT2D eigenvalue weighted by molar-refractivity contribution is 4.90. The molecule has 2 atom stereocenters. The van der Waals surface area contributed by atoms with Gasteiger partial charge in [-0.2, -0.15) is 5.21 Å². The van der Waals surface area contributed by atoms with Crippen molar-refractivity contribution in [1.82, 2.24) is 30.8 Å². The lowest BCUT2D eigenvalue weighted by molar-refractivity contribution is 0.384. The highest BCUT2D eigenvalue weighted by Crippen LogP contribution is 2.11. The van der Waals surface area contributed by atoms with Crippen LogP contribution in [0.15, 0.2) is 0 Å². The van der Waals surface area contributed by atoms with Crippen LogP contribution in [0.25, 0.3) is 0 Å². The summed E-state index contributed by atoms with van der Waals surface area (Å²) < 4.78 is 0. The van der Waals surface area contributed by atoms with E-state index in [0.717, 1.165) is 18.9 Å². The normalized spacial score (nSPS) is 25.4. The average molecular weight is 196 g/mol. The first-order valence-corrected chi connectivity index (χ1v) is 4.93. The lowest BCUT2D eigenvalue weighted by Gasteiger charge is -2.16. The summed E-state index contributed by atoms with van der Waals surface area (Å²) in [4.78, 5) is 2.32. The van der Waals surface area contributed by atoms with Crippen molar-refractivity contribution in [1.29, 1.82) is 0 Å². The SMILES string of the molecule is CC(NC1CCN(C)C1)c1nn[nH]n1. The third-order valence-electron chi connectivity index (χ3n) is 2.63. The number of likely N-dealkylation sites (N-methyl/N-ethyl adjacent to an activating group) is 1. The molecule has 2 heterocycles. The molecule has 2 rings (SSSR count). The number of H-pyrrole nitrogens is 1. The molecule has 0 aliphatic carbocycles. The Labute approximate surface area is 83.1 Å². The van der Waals surface area contributed by atoms with Gasteiger partial charge in [0.05, 0.1) is 6.04 Å². The number of rotatable bonds is 3. The standard InChI is InChI=1S/C8H16N6/c1-6(8-10-12-13-11-8)9-7-3-4-14(2)5-7/h6-7,9H,3-5H2,1-2H3,(H,10,11,12,13). The molecule has 0 aromatic carbocycles. The van der Waals surface area contributed by atoms with Crippen LogP contribution in [0.5, 0.6) is 0 Å². The molecule has 0 spiro atoms. The van der Waals surface area contributed by atoms with Gasteiger partial charge in [0, 0.05) is 12.6 Å². The van der Waals surface area contributed by atoms with Crippen molar-refractivity contribution in [3.05, 3.63) is 5.82 Å². The van der Waals surface area contributed by atoms with Crippen LogP contribution in [0, 0.1) is 0 Å². The average Bonchev–Trinajstić information content (AvgIpc) is 2.75. The Morgan fingerprint density at radius 1 is 1.64 bits per heavy atom. The smallest absolute Gasteiger partial charge is 0.191 e. The molecule has 0 radical (unpaired) electrons. The molecule has 1 fully saturated rings. The maximum absolute atomic E-state index is 3.95. The minimum atomic E-state index is 0.172. The lowest BCUT2D eigenvalue weighted by atomic mass is 10.2. The molecule has 78 valence electrons. The summed E-state index contributed by atoms with van der Waals surface area (Å²) >= 11 is 0. The van der Waals surface area contributed by atoms with E-state index in [1.807, 2.05) is 0 Å². The van der Waals surface area contributed by atoms with Crippen molar-refractivity contribution in [3.63, 3.8) is 0 Å². The van der Waals surface area contributed by atoms with Crippen molar-refractivity contribution in [2.24, 2.45) is 0 Å². The first-order chi connectivity index (χ1) is 6.75. The highest BCUT2D eigenvalue weighted by atomic mass is 15.5. The number of aromatic amines is 1.